The molecule has 108 valence electrons. The number of nitro benzene ring substituents is 1. The summed E-state index contributed by atoms with van der Waals surface area (Å²) in [4.78, 5) is 21.3. The molecule has 0 aliphatic carbocycles. The van der Waals surface area contributed by atoms with Gasteiger partial charge >= 0.3 is 0 Å². The minimum absolute atomic E-state index is 0.0705. The number of aldehydes is 1. The van der Waals surface area contributed by atoms with Gasteiger partial charge in [0.2, 0.25) is 0 Å². The van der Waals surface area contributed by atoms with Crippen molar-refractivity contribution in [3.63, 3.8) is 0 Å². The van der Waals surface area contributed by atoms with E-state index < -0.39 is 4.92 Å². The van der Waals surface area contributed by atoms with Gasteiger partial charge in [-0.25, -0.2) is 0 Å². The van der Waals surface area contributed by atoms with Crippen LogP contribution in [0.15, 0.2) is 18.2 Å². The van der Waals surface area contributed by atoms with Crippen LogP contribution in [-0.2, 0) is 4.74 Å². The molecule has 2 rings (SSSR count). The fraction of sp³-hybridized carbons (Fsp3) is 0.500. The molecule has 6 nitrogen and oxygen atoms in total. The van der Waals surface area contributed by atoms with Crippen LogP contribution in [0.2, 0.25) is 0 Å². The van der Waals surface area contributed by atoms with E-state index in [1.807, 2.05) is 13.8 Å². The van der Waals surface area contributed by atoms with E-state index in [9.17, 15) is 14.9 Å². The SMILES string of the molecule is CC1(C)CC(Nc2ccc(C=O)cc2[N+](=O)[O-])CCO1. The van der Waals surface area contributed by atoms with E-state index in [2.05, 4.69) is 5.32 Å². The van der Waals surface area contributed by atoms with Crippen LogP contribution in [0.25, 0.3) is 0 Å². The number of hydrogen-bond acceptors (Lipinski definition) is 5. The Morgan fingerprint density at radius 2 is 2.25 bits per heavy atom. The molecule has 1 fully saturated rings. The standard InChI is InChI=1S/C14H18N2O4/c1-14(2)8-11(5-6-20-14)15-12-4-3-10(9-17)7-13(12)16(18)19/h3-4,7,9,11,15H,5-6,8H2,1-2H3. The van der Waals surface area contributed by atoms with E-state index in [0.29, 0.717) is 24.1 Å². The first kappa shape index (κ1) is 14.5. The lowest BCUT2D eigenvalue weighted by Gasteiger charge is -2.36. The van der Waals surface area contributed by atoms with E-state index in [-0.39, 0.29) is 17.3 Å². The molecule has 6 heteroatoms. The molecule has 0 amide bonds. The minimum Gasteiger partial charge on any atom is -0.377 e. The lowest BCUT2D eigenvalue weighted by Crippen LogP contribution is -2.40. The average Bonchev–Trinajstić information content (AvgIpc) is 2.37. The second kappa shape index (κ2) is 5.58. The van der Waals surface area contributed by atoms with Gasteiger partial charge in [0.25, 0.3) is 5.69 Å². The van der Waals surface area contributed by atoms with Crippen LogP contribution in [0.5, 0.6) is 0 Å². The molecule has 20 heavy (non-hydrogen) atoms. The van der Waals surface area contributed by atoms with Gasteiger partial charge in [0, 0.05) is 24.3 Å². The van der Waals surface area contributed by atoms with Gasteiger partial charge in [0.1, 0.15) is 12.0 Å². The molecular formula is C14H18N2O4. The summed E-state index contributed by atoms with van der Waals surface area (Å²) in [6.07, 6.45) is 2.18. The van der Waals surface area contributed by atoms with Gasteiger partial charge in [0.05, 0.1) is 10.5 Å². The molecule has 0 saturated carbocycles. The number of nitrogens with one attached hydrogen (secondary N) is 1. The highest BCUT2D eigenvalue weighted by Gasteiger charge is 2.29. The smallest absolute Gasteiger partial charge is 0.293 e. The number of benzene rings is 1. The Labute approximate surface area is 117 Å². The molecule has 1 unspecified atom stereocenters. The summed E-state index contributed by atoms with van der Waals surface area (Å²) in [6.45, 7) is 4.64. The molecule has 1 aromatic rings. The molecular weight excluding hydrogens is 260 g/mol. The molecule has 0 radical (unpaired) electrons. The molecule has 0 bridgehead atoms. The lowest BCUT2D eigenvalue weighted by atomic mass is 9.93. The molecule has 1 N–H and O–H groups in total. The van der Waals surface area contributed by atoms with Crippen molar-refractivity contribution in [3.8, 4) is 0 Å². The first-order valence-electron chi connectivity index (χ1n) is 6.55. The third-order valence-electron chi connectivity index (χ3n) is 3.41. The van der Waals surface area contributed by atoms with Crippen LogP contribution < -0.4 is 5.32 Å². The second-order valence-corrected chi connectivity index (χ2v) is 5.59. The Balaban J connectivity index is 2.20. The first-order valence-corrected chi connectivity index (χ1v) is 6.55. The van der Waals surface area contributed by atoms with Gasteiger partial charge in [-0.15, -0.1) is 0 Å². The maximum Gasteiger partial charge on any atom is 0.293 e. The quantitative estimate of drug-likeness (QED) is 0.520. The van der Waals surface area contributed by atoms with Crippen molar-refractivity contribution in [1.29, 1.82) is 0 Å². The van der Waals surface area contributed by atoms with Crippen molar-refractivity contribution in [2.45, 2.75) is 38.3 Å². The summed E-state index contributed by atoms with van der Waals surface area (Å²) < 4.78 is 5.63. The van der Waals surface area contributed by atoms with Crippen LogP contribution >= 0.6 is 0 Å². The van der Waals surface area contributed by atoms with E-state index in [1.54, 1.807) is 12.1 Å². The molecule has 1 heterocycles. The second-order valence-electron chi connectivity index (χ2n) is 5.59. The number of anilines is 1. The van der Waals surface area contributed by atoms with E-state index in [1.165, 1.54) is 6.07 Å². The monoisotopic (exact) mass is 278 g/mol. The maximum absolute atomic E-state index is 11.1. The largest absolute Gasteiger partial charge is 0.377 e. The molecule has 1 aliphatic rings. The van der Waals surface area contributed by atoms with E-state index >= 15 is 0 Å². The Kier molecular flexibility index (Phi) is 4.04. The van der Waals surface area contributed by atoms with Crippen LogP contribution in [0.3, 0.4) is 0 Å². The van der Waals surface area contributed by atoms with Crippen molar-refractivity contribution in [3.05, 3.63) is 33.9 Å². The fourth-order valence-corrected chi connectivity index (χ4v) is 2.47. The normalized spacial score (nSPS) is 21.2. The van der Waals surface area contributed by atoms with Crippen LogP contribution in [0, 0.1) is 10.1 Å². The topological polar surface area (TPSA) is 81.5 Å². The summed E-state index contributed by atoms with van der Waals surface area (Å²) in [6, 6.07) is 4.58. The van der Waals surface area contributed by atoms with Gasteiger partial charge in [-0.3, -0.25) is 14.9 Å². The van der Waals surface area contributed by atoms with Gasteiger partial charge in [-0.2, -0.15) is 0 Å². The van der Waals surface area contributed by atoms with Crippen LogP contribution in [-0.4, -0.2) is 29.5 Å². The van der Waals surface area contributed by atoms with Crippen LogP contribution in [0.1, 0.15) is 37.0 Å². The molecule has 0 spiro atoms. The van der Waals surface area contributed by atoms with Gasteiger partial charge in [-0.05, 0) is 38.8 Å². The summed E-state index contributed by atoms with van der Waals surface area (Å²) in [5, 5.41) is 14.3. The summed E-state index contributed by atoms with van der Waals surface area (Å²) in [5.41, 5.74) is 0.449. The lowest BCUT2D eigenvalue weighted by molar-refractivity contribution is -0.384. The third-order valence-corrected chi connectivity index (χ3v) is 3.41. The number of hydrogen-bond donors (Lipinski definition) is 1. The summed E-state index contributed by atoms with van der Waals surface area (Å²) in [5.74, 6) is 0. The third kappa shape index (κ3) is 3.33. The number of ether oxygens (including phenoxy) is 1. The minimum atomic E-state index is -0.472. The highest BCUT2D eigenvalue weighted by molar-refractivity contribution is 5.79. The van der Waals surface area contributed by atoms with Crippen LogP contribution in [0.4, 0.5) is 11.4 Å². The van der Waals surface area contributed by atoms with Crippen molar-refractivity contribution in [2.24, 2.45) is 0 Å². The number of nitro groups is 1. The number of nitrogens with zero attached hydrogens (tertiary/aromatic N) is 1. The zero-order valence-electron chi connectivity index (χ0n) is 11.6. The molecule has 1 aromatic carbocycles. The Morgan fingerprint density at radius 3 is 2.85 bits per heavy atom. The predicted molar refractivity (Wildman–Crippen MR) is 75.2 cm³/mol. The Hall–Kier alpha value is -1.95. The van der Waals surface area contributed by atoms with E-state index in [4.69, 9.17) is 4.74 Å². The highest BCUT2D eigenvalue weighted by Crippen LogP contribution is 2.30. The van der Waals surface area contributed by atoms with Gasteiger partial charge in [-0.1, -0.05) is 0 Å². The number of carbonyl (C=O) groups excluding carboxylic acids is 1. The maximum atomic E-state index is 11.1. The Morgan fingerprint density at radius 1 is 1.50 bits per heavy atom. The average molecular weight is 278 g/mol. The van der Waals surface area contributed by atoms with Crippen molar-refractivity contribution >= 4 is 17.7 Å². The van der Waals surface area contributed by atoms with Crippen molar-refractivity contribution in [1.82, 2.24) is 0 Å². The predicted octanol–water partition coefficient (Wildman–Crippen LogP) is 2.78. The number of carbonyl (C=O) groups is 1. The fourth-order valence-electron chi connectivity index (χ4n) is 2.47. The first-order chi connectivity index (χ1) is 9.41. The number of rotatable bonds is 4. The van der Waals surface area contributed by atoms with E-state index in [0.717, 1.165) is 12.8 Å². The summed E-state index contributed by atoms with van der Waals surface area (Å²) >= 11 is 0. The molecule has 1 aliphatic heterocycles. The zero-order valence-corrected chi connectivity index (χ0v) is 11.6. The zero-order chi connectivity index (χ0) is 14.8. The van der Waals surface area contributed by atoms with Crippen molar-refractivity contribution < 1.29 is 14.5 Å². The molecule has 0 aromatic heterocycles. The molecule has 1 saturated heterocycles. The Bertz CT molecular complexity index is 528. The highest BCUT2D eigenvalue weighted by atomic mass is 16.6. The summed E-state index contributed by atoms with van der Waals surface area (Å²) in [7, 11) is 0. The molecule has 1 atom stereocenters. The van der Waals surface area contributed by atoms with Crippen molar-refractivity contribution in [2.75, 3.05) is 11.9 Å². The van der Waals surface area contributed by atoms with Gasteiger partial charge < -0.3 is 10.1 Å². The van der Waals surface area contributed by atoms with Gasteiger partial charge in [0.15, 0.2) is 0 Å².